The molecule has 0 spiro atoms. The van der Waals surface area contributed by atoms with Crippen LogP contribution in [0.4, 0.5) is 13.2 Å². The van der Waals surface area contributed by atoms with Gasteiger partial charge in [-0.3, -0.25) is 9.59 Å². The van der Waals surface area contributed by atoms with Crippen LogP contribution >= 0.6 is 0 Å². The van der Waals surface area contributed by atoms with Crippen LogP contribution < -0.4 is 5.56 Å². The van der Waals surface area contributed by atoms with E-state index in [2.05, 4.69) is 4.98 Å². The summed E-state index contributed by atoms with van der Waals surface area (Å²) in [5.74, 6) is -0.812. The molecule has 0 aliphatic heterocycles. The third-order valence-electron chi connectivity index (χ3n) is 2.26. The van der Waals surface area contributed by atoms with E-state index in [0.717, 1.165) is 6.07 Å². The number of hydrogen-bond acceptors (Lipinski definition) is 2. The van der Waals surface area contributed by atoms with Crippen LogP contribution in [-0.4, -0.2) is 34.6 Å². The summed E-state index contributed by atoms with van der Waals surface area (Å²) in [6.07, 6.45) is -3.25. The quantitative estimate of drug-likeness (QED) is 0.902. The summed E-state index contributed by atoms with van der Waals surface area (Å²) in [7, 11) is 0. The van der Waals surface area contributed by atoms with E-state index in [1.807, 2.05) is 0 Å². The Morgan fingerprint density at radius 1 is 1.44 bits per heavy atom. The molecule has 18 heavy (non-hydrogen) atoms. The van der Waals surface area contributed by atoms with Gasteiger partial charge in [0.15, 0.2) is 0 Å². The second-order valence-electron chi connectivity index (χ2n) is 4.08. The molecule has 1 rings (SSSR count). The minimum Gasteiger partial charge on any atom is -0.329 e. The van der Waals surface area contributed by atoms with Crippen molar-refractivity contribution in [1.82, 2.24) is 9.88 Å². The van der Waals surface area contributed by atoms with Gasteiger partial charge in [-0.1, -0.05) is 0 Å². The molecule has 0 unspecified atom stereocenters. The normalized spacial score (nSPS) is 11.7. The first-order valence-corrected chi connectivity index (χ1v) is 5.27. The number of H-pyrrole nitrogens is 1. The third-order valence-corrected chi connectivity index (χ3v) is 2.26. The molecule has 1 N–H and O–H groups in total. The summed E-state index contributed by atoms with van der Waals surface area (Å²) in [5.41, 5.74) is -0.590. The van der Waals surface area contributed by atoms with E-state index in [0.29, 0.717) is 4.90 Å². The van der Waals surface area contributed by atoms with Crippen LogP contribution in [0.5, 0.6) is 0 Å². The van der Waals surface area contributed by atoms with Gasteiger partial charge in [-0.15, -0.1) is 0 Å². The lowest BCUT2D eigenvalue weighted by Gasteiger charge is -2.27. The zero-order valence-corrected chi connectivity index (χ0v) is 9.91. The minimum atomic E-state index is -4.47. The summed E-state index contributed by atoms with van der Waals surface area (Å²) in [5, 5.41) is 0. The molecular weight excluding hydrogens is 249 g/mol. The van der Waals surface area contributed by atoms with Gasteiger partial charge >= 0.3 is 6.18 Å². The van der Waals surface area contributed by atoms with Crippen molar-refractivity contribution in [2.75, 3.05) is 6.54 Å². The molecule has 0 aliphatic carbocycles. The van der Waals surface area contributed by atoms with Crippen molar-refractivity contribution >= 4 is 5.91 Å². The fraction of sp³-hybridized carbons (Fsp3) is 0.455. The molecule has 1 aromatic rings. The highest BCUT2D eigenvalue weighted by Gasteiger charge is 2.34. The molecule has 0 saturated carbocycles. The van der Waals surface area contributed by atoms with Crippen LogP contribution in [0.15, 0.2) is 23.1 Å². The Morgan fingerprint density at radius 2 is 2.06 bits per heavy atom. The van der Waals surface area contributed by atoms with Crippen molar-refractivity contribution in [2.24, 2.45) is 0 Å². The standard InChI is InChI=1S/C11H13F3N2O2/c1-7(2)16(6-11(12,13)14)10(18)8-3-4-15-9(17)5-8/h3-5,7H,6H2,1-2H3,(H,15,17). The van der Waals surface area contributed by atoms with Crippen LogP contribution in [0.3, 0.4) is 0 Å². The van der Waals surface area contributed by atoms with Gasteiger partial charge in [-0.25, -0.2) is 0 Å². The monoisotopic (exact) mass is 262 g/mol. The zero-order valence-electron chi connectivity index (χ0n) is 9.91. The SMILES string of the molecule is CC(C)N(CC(F)(F)F)C(=O)c1cc[nH]c(=O)c1. The molecule has 1 aromatic heterocycles. The maximum atomic E-state index is 12.4. The van der Waals surface area contributed by atoms with E-state index < -0.39 is 30.2 Å². The lowest BCUT2D eigenvalue weighted by atomic mass is 10.2. The Balaban J connectivity index is 3.00. The molecule has 1 heterocycles. The van der Waals surface area contributed by atoms with Crippen LogP contribution in [-0.2, 0) is 0 Å². The first-order chi connectivity index (χ1) is 8.20. The van der Waals surface area contributed by atoms with Crippen molar-refractivity contribution < 1.29 is 18.0 Å². The van der Waals surface area contributed by atoms with Gasteiger partial charge in [-0.05, 0) is 19.9 Å². The molecule has 4 nitrogen and oxygen atoms in total. The number of halogens is 3. The van der Waals surface area contributed by atoms with Crippen molar-refractivity contribution in [1.29, 1.82) is 0 Å². The number of nitrogens with one attached hydrogen (secondary N) is 1. The highest BCUT2D eigenvalue weighted by molar-refractivity contribution is 5.94. The van der Waals surface area contributed by atoms with E-state index in [4.69, 9.17) is 0 Å². The average Bonchev–Trinajstić information content (AvgIpc) is 2.23. The van der Waals surface area contributed by atoms with Gasteiger partial charge < -0.3 is 9.88 Å². The number of carbonyl (C=O) groups excluding carboxylic acids is 1. The van der Waals surface area contributed by atoms with E-state index in [1.54, 1.807) is 0 Å². The second-order valence-corrected chi connectivity index (χ2v) is 4.08. The predicted molar refractivity (Wildman–Crippen MR) is 59.3 cm³/mol. The van der Waals surface area contributed by atoms with Gasteiger partial charge in [-0.2, -0.15) is 13.2 Å². The van der Waals surface area contributed by atoms with Crippen molar-refractivity contribution in [3.05, 3.63) is 34.2 Å². The van der Waals surface area contributed by atoms with Gasteiger partial charge in [0, 0.05) is 23.9 Å². The molecule has 1 amide bonds. The predicted octanol–water partition coefficient (Wildman–Crippen LogP) is 1.79. The van der Waals surface area contributed by atoms with E-state index >= 15 is 0 Å². The average molecular weight is 262 g/mol. The molecule has 0 fully saturated rings. The number of hydrogen-bond donors (Lipinski definition) is 1. The van der Waals surface area contributed by atoms with Gasteiger partial charge in [0.1, 0.15) is 6.54 Å². The van der Waals surface area contributed by atoms with E-state index in [1.165, 1.54) is 26.1 Å². The third kappa shape index (κ3) is 3.90. The maximum Gasteiger partial charge on any atom is 0.406 e. The molecule has 0 radical (unpaired) electrons. The van der Waals surface area contributed by atoms with Gasteiger partial charge in [0.25, 0.3) is 5.91 Å². The van der Waals surface area contributed by atoms with E-state index in [-0.39, 0.29) is 5.56 Å². The fourth-order valence-electron chi connectivity index (χ4n) is 1.43. The van der Waals surface area contributed by atoms with Crippen LogP contribution in [0.1, 0.15) is 24.2 Å². The molecule has 100 valence electrons. The minimum absolute atomic E-state index is 0.0586. The lowest BCUT2D eigenvalue weighted by Crippen LogP contribution is -2.43. The first-order valence-electron chi connectivity index (χ1n) is 5.27. The molecule has 0 saturated heterocycles. The fourth-order valence-corrected chi connectivity index (χ4v) is 1.43. The van der Waals surface area contributed by atoms with Crippen LogP contribution in [0.2, 0.25) is 0 Å². The highest BCUT2D eigenvalue weighted by atomic mass is 19.4. The number of carbonyl (C=O) groups is 1. The van der Waals surface area contributed by atoms with Crippen molar-refractivity contribution in [2.45, 2.75) is 26.1 Å². The Bertz CT molecular complexity index is 480. The number of nitrogens with zero attached hydrogens (tertiary/aromatic N) is 1. The topological polar surface area (TPSA) is 53.2 Å². The summed E-state index contributed by atoms with van der Waals surface area (Å²) < 4.78 is 37.1. The molecule has 0 atom stereocenters. The number of amides is 1. The highest BCUT2D eigenvalue weighted by Crippen LogP contribution is 2.19. The summed E-state index contributed by atoms with van der Waals surface area (Å²) in [6.45, 7) is 1.63. The Hall–Kier alpha value is -1.79. The maximum absolute atomic E-state index is 12.4. The smallest absolute Gasteiger partial charge is 0.329 e. The molecular formula is C11H13F3N2O2. The molecule has 0 aliphatic rings. The molecule has 7 heteroatoms. The van der Waals surface area contributed by atoms with Crippen molar-refractivity contribution in [3.8, 4) is 0 Å². The van der Waals surface area contributed by atoms with Crippen LogP contribution in [0.25, 0.3) is 0 Å². The summed E-state index contributed by atoms with van der Waals surface area (Å²) >= 11 is 0. The Kier molecular flexibility index (Phi) is 4.15. The summed E-state index contributed by atoms with van der Waals surface area (Å²) in [6, 6.07) is 1.64. The van der Waals surface area contributed by atoms with E-state index in [9.17, 15) is 22.8 Å². The number of aromatic nitrogens is 1. The second kappa shape index (κ2) is 5.24. The Morgan fingerprint density at radius 3 is 2.50 bits per heavy atom. The lowest BCUT2D eigenvalue weighted by molar-refractivity contribution is -0.143. The number of alkyl halides is 3. The van der Waals surface area contributed by atoms with Crippen molar-refractivity contribution in [3.63, 3.8) is 0 Å². The number of rotatable bonds is 3. The summed E-state index contributed by atoms with van der Waals surface area (Å²) in [4.78, 5) is 25.9. The first kappa shape index (κ1) is 14.3. The zero-order chi connectivity index (χ0) is 13.9. The Labute approximate surface area is 101 Å². The van der Waals surface area contributed by atoms with Gasteiger partial charge in [0.2, 0.25) is 5.56 Å². The largest absolute Gasteiger partial charge is 0.406 e. The van der Waals surface area contributed by atoms with Gasteiger partial charge in [0.05, 0.1) is 0 Å². The number of pyridine rings is 1. The molecule has 0 aromatic carbocycles. The molecule has 0 bridgehead atoms. The van der Waals surface area contributed by atoms with Crippen LogP contribution in [0, 0.1) is 0 Å². The number of aromatic amines is 1.